The van der Waals surface area contributed by atoms with Gasteiger partial charge in [0.05, 0.1) is 0 Å². The van der Waals surface area contributed by atoms with Crippen LogP contribution in [0.4, 0.5) is 34.1 Å². The predicted octanol–water partition coefficient (Wildman–Crippen LogP) is 16.1. The Labute approximate surface area is 363 Å². The van der Waals surface area contributed by atoms with E-state index in [2.05, 4.69) is 259 Å². The van der Waals surface area contributed by atoms with Crippen LogP contribution in [-0.2, 0) is 0 Å². The zero-order valence-electron chi connectivity index (χ0n) is 34.4. The number of fused-ring (bicyclic) bond motifs is 2. The molecule has 0 fully saturated rings. The van der Waals surface area contributed by atoms with Crippen molar-refractivity contribution in [1.29, 1.82) is 0 Å². The van der Waals surface area contributed by atoms with Gasteiger partial charge in [-0.1, -0.05) is 183 Å². The Kier molecular flexibility index (Phi) is 10.3. The van der Waals surface area contributed by atoms with Gasteiger partial charge < -0.3 is 9.80 Å². The lowest BCUT2D eigenvalue weighted by atomic mass is 9.88. The molecule has 0 bridgehead atoms. The molecular weight excluding hydrogens is 749 g/mol. The van der Waals surface area contributed by atoms with Crippen molar-refractivity contribution in [2.24, 2.45) is 0 Å². The van der Waals surface area contributed by atoms with Crippen LogP contribution in [0.25, 0.3) is 62.7 Å². The molecule has 0 N–H and O–H groups in total. The van der Waals surface area contributed by atoms with Gasteiger partial charge in [0.25, 0.3) is 0 Å². The minimum Gasteiger partial charge on any atom is -0.311 e. The summed E-state index contributed by atoms with van der Waals surface area (Å²) in [4.78, 5) is 4.56. The molecule has 0 aliphatic carbocycles. The number of benzene rings is 10. The van der Waals surface area contributed by atoms with E-state index in [1.165, 1.54) is 27.1 Å². The van der Waals surface area contributed by atoms with Gasteiger partial charge in [0.2, 0.25) is 0 Å². The van der Waals surface area contributed by atoms with E-state index in [9.17, 15) is 0 Å². The van der Waals surface area contributed by atoms with Gasteiger partial charge in [-0.3, -0.25) is 0 Å². The first-order valence-corrected chi connectivity index (χ1v) is 21.1. The van der Waals surface area contributed by atoms with Gasteiger partial charge in [-0.15, -0.1) is 0 Å². The number of hydrogen-bond acceptors (Lipinski definition) is 2. The fraction of sp³-hybridized carbons (Fsp3) is 0. The molecule has 2 heteroatoms. The summed E-state index contributed by atoms with van der Waals surface area (Å²) in [5.41, 5.74) is 12.1. The molecule has 0 aliphatic heterocycles. The molecule has 0 aromatic heterocycles. The van der Waals surface area contributed by atoms with E-state index < -0.39 is 0 Å². The third-order valence-electron chi connectivity index (χ3n) is 11.7. The van der Waals surface area contributed by atoms with Crippen molar-refractivity contribution in [1.82, 2.24) is 0 Å². The van der Waals surface area contributed by atoms with Gasteiger partial charge >= 0.3 is 0 Å². The zero-order chi connectivity index (χ0) is 41.8. The SMILES string of the molecule is C=C(/C=C/c1ccc(N(c2ccccc2)c2ccccc2)cc1)c1cccc2c1c(=C)c1ccc(/C=C/c3ccc(N(c4ccccc4)c4ccccc4)cc3)c3cccc2c31. The quantitative estimate of drug-likeness (QED) is 0.0557. The molecule has 0 heterocycles. The number of para-hydroxylation sites is 4. The summed E-state index contributed by atoms with van der Waals surface area (Å²) in [6, 6.07) is 77.1. The van der Waals surface area contributed by atoms with E-state index in [-0.39, 0.29) is 0 Å². The van der Waals surface area contributed by atoms with E-state index in [0.29, 0.717) is 0 Å². The van der Waals surface area contributed by atoms with Crippen LogP contribution in [0.3, 0.4) is 0 Å². The summed E-state index contributed by atoms with van der Waals surface area (Å²) >= 11 is 0. The first-order chi connectivity index (χ1) is 30.6. The minimum absolute atomic E-state index is 0.944. The number of hydrogen-bond donors (Lipinski definition) is 0. The average Bonchev–Trinajstić information content (AvgIpc) is 3.34. The molecule has 10 aromatic carbocycles. The molecule has 0 aliphatic rings. The van der Waals surface area contributed by atoms with Crippen molar-refractivity contribution in [3.8, 4) is 0 Å². The molecule has 0 radical (unpaired) electrons. The lowest BCUT2D eigenvalue weighted by Crippen LogP contribution is -2.09. The lowest BCUT2D eigenvalue weighted by molar-refractivity contribution is 1.28. The van der Waals surface area contributed by atoms with Crippen LogP contribution in [0.1, 0.15) is 22.3 Å². The normalized spacial score (nSPS) is 11.5. The Hall–Kier alpha value is -8.20. The summed E-state index contributed by atoms with van der Waals surface area (Å²) in [5, 5.41) is 8.18. The van der Waals surface area contributed by atoms with Crippen LogP contribution in [-0.4, -0.2) is 0 Å². The molecule has 0 amide bonds. The van der Waals surface area contributed by atoms with Gasteiger partial charge in [-0.2, -0.15) is 0 Å². The predicted molar refractivity (Wildman–Crippen MR) is 269 cm³/mol. The van der Waals surface area contributed by atoms with Crippen LogP contribution in [0.5, 0.6) is 0 Å². The number of rotatable bonds is 11. The van der Waals surface area contributed by atoms with Gasteiger partial charge in [-0.25, -0.2) is 0 Å². The average molecular weight is 793 g/mol. The lowest BCUT2D eigenvalue weighted by Gasteiger charge is -2.25. The molecule has 10 rings (SSSR count). The second-order valence-electron chi connectivity index (χ2n) is 15.5. The fourth-order valence-electron chi connectivity index (χ4n) is 8.70. The highest BCUT2D eigenvalue weighted by molar-refractivity contribution is 6.24. The Balaban J connectivity index is 0.935. The molecule has 0 unspecified atom stereocenters. The molecular formula is C60H44N2. The molecule has 0 saturated heterocycles. The Morgan fingerprint density at radius 2 is 0.758 bits per heavy atom. The maximum atomic E-state index is 4.71. The fourth-order valence-corrected chi connectivity index (χ4v) is 8.70. The Bertz CT molecular complexity index is 3200. The molecule has 62 heavy (non-hydrogen) atoms. The van der Waals surface area contributed by atoms with Gasteiger partial charge in [0.15, 0.2) is 0 Å². The Morgan fingerprint density at radius 1 is 0.339 bits per heavy atom. The topological polar surface area (TPSA) is 6.48 Å². The molecule has 0 spiro atoms. The maximum absolute atomic E-state index is 4.71. The van der Waals surface area contributed by atoms with E-state index in [1.807, 2.05) is 0 Å². The van der Waals surface area contributed by atoms with Crippen molar-refractivity contribution < 1.29 is 0 Å². The van der Waals surface area contributed by atoms with E-state index in [1.54, 1.807) is 0 Å². The summed E-state index contributed by atoms with van der Waals surface area (Å²) in [7, 11) is 0. The van der Waals surface area contributed by atoms with E-state index >= 15 is 0 Å². The van der Waals surface area contributed by atoms with Crippen LogP contribution >= 0.6 is 0 Å². The summed E-state index contributed by atoms with van der Waals surface area (Å²) in [6.07, 6.45) is 8.72. The van der Waals surface area contributed by atoms with Crippen LogP contribution in [0.15, 0.2) is 231 Å². The summed E-state index contributed by atoms with van der Waals surface area (Å²) in [5.74, 6) is 0. The maximum Gasteiger partial charge on any atom is 0.0462 e. The molecule has 10 aromatic rings. The highest BCUT2D eigenvalue weighted by atomic mass is 15.1. The smallest absolute Gasteiger partial charge is 0.0462 e. The first kappa shape index (κ1) is 38.0. The zero-order valence-corrected chi connectivity index (χ0v) is 34.4. The van der Waals surface area contributed by atoms with E-state index in [0.717, 1.165) is 72.4 Å². The van der Waals surface area contributed by atoms with Crippen LogP contribution in [0, 0.1) is 0 Å². The van der Waals surface area contributed by atoms with Gasteiger partial charge in [-0.05, 0) is 138 Å². The minimum atomic E-state index is 0.944. The van der Waals surface area contributed by atoms with Crippen molar-refractivity contribution in [3.05, 3.63) is 259 Å². The first-order valence-electron chi connectivity index (χ1n) is 21.1. The molecule has 0 atom stereocenters. The molecule has 0 saturated carbocycles. The summed E-state index contributed by atoms with van der Waals surface area (Å²) < 4.78 is 0. The standard InChI is InChI=1S/C60H44N2/c1-43(29-30-45-32-38-52(39-33-45)61(48-17-7-3-8-18-48)49-19-9-4-10-20-49)54-25-15-27-57-58-28-16-26-56-47(37-42-55(60(56)58)44(2)59(54)57)36-31-46-34-40-53(41-35-46)62(50-21-11-5-12-22-50)51-23-13-6-14-24-51/h3-42H,1-2H2/b30-29+,36-31+. The summed E-state index contributed by atoms with van der Waals surface area (Å²) in [6.45, 7) is 9.29. The third-order valence-corrected chi connectivity index (χ3v) is 11.7. The van der Waals surface area contributed by atoms with Crippen molar-refractivity contribution in [3.63, 3.8) is 0 Å². The monoisotopic (exact) mass is 792 g/mol. The third kappa shape index (κ3) is 7.36. The number of anilines is 6. The van der Waals surface area contributed by atoms with Crippen LogP contribution in [0.2, 0.25) is 0 Å². The van der Waals surface area contributed by atoms with Gasteiger partial charge in [0.1, 0.15) is 0 Å². The van der Waals surface area contributed by atoms with E-state index in [4.69, 9.17) is 6.58 Å². The van der Waals surface area contributed by atoms with Crippen molar-refractivity contribution >= 4 is 96.8 Å². The largest absolute Gasteiger partial charge is 0.311 e. The van der Waals surface area contributed by atoms with Crippen molar-refractivity contribution in [2.45, 2.75) is 0 Å². The van der Waals surface area contributed by atoms with Crippen LogP contribution < -0.4 is 15.0 Å². The van der Waals surface area contributed by atoms with Gasteiger partial charge in [0, 0.05) is 34.1 Å². The van der Waals surface area contributed by atoms with Crippen molar-refractivity contribution in [2.75, 3.05) is 9.80 Å². The Morgan fingerprint density at radius 3 is 1.26 bits per heavy atom. The second-order valence-corrected chi connectivity index (χ2v) is 15.5. The second kappa shape index (κ2) is 16.8. The molecule has 294 valence electrons. The molecule has 2 nitrogen and oxygen atoms in total. The highest BCUT2D eigenvalue weighted by Gasteiger charge is 2.16. The number of allylic oxidation sites excluding steroid dienone is 2. The number of nitrogens with zero attached hydrogens (tertiary/aromatic N) is 2. The highest BCUT2D eigenvalue weighted by Crippen LogP contribution is 2.38.